The molecule has 7 nitrogen and oxygen atoms in total. The summed E-state index contributed by atoms with van der Waals surface area (Å²) in [6.45, 7) is 3.90. The molecule has 3 aromatic rings. The molecule has 0 bridgehead atoms. The van der Waals surface area contributed by atoms with Gasteiger partial charge in [0.05, 0.1) is 11.0 Å². The van der Waals surface area contributed by atoms with Crippen LogP contribution in [0.3, 0.4) is 0 Å². The number of sulfonamides is 1. The summed E-state index contributed by atoms with van der Waals surface area (Å²) in [4.78, 5) is 7.78. The summed E-state index contributed by atoms with van der Waals surface area (Å²) in [5.74, 6) is 0.406. The van der Waals surface area contributed by atoms with Gasteiger partial charge in [-0.3, -0.25) is 0 Å². The van der Waals surface area contributed by atoms with Crippen LogP contribution in [0.15, 0.2) is 47.5 Å². The van der Waals surface area contributed by atoms with E-state index in [1.807, 2.05) is 32.0 Å². The highest BCUT2D eigenvalue weighted by Crippen LogP contribution is 2.32. The molecule has 1 saturated carbocycles. The van der Waals surface area contributed by atoms with Crippen LogP contribution in [0.25, 0.3) is 22.4 Å². The Morgan fingerprint density at radius 1 is 1.13 bits per heavy atom. The Hall–Kier alpha value is -2.68. The number of aromatic nitrogens is 2. The van der Waals surface area contributed by atoms with Gasteiger partial charge in [-0.15, -0.1) is 0 Å². The summed E-state index contributed by atoms with van der Waals surface area (Å²) < 4.78 is 28.5. The van der Waals surface area contributed by atoms with Crippen molar-refractivity contribution in [3.05, 3.63) is 53.9 Å². The minimum atomic E-state index is -3.69. The molecular weight excluding hydrogens is 400 g/mol. The van der Waals surface area contributed by atoms with E-state index >= 15 is 0 Å². The summed E-state index contributed by atoms with van der Waals surface area (Å²) in [6, 6.07) is 10.7. The van der Waals surface area contributed by atoms with Gasteiger partial charge < -0.3 is 15.8 Å². The highest BCUT2D eigenvalue weighted by Gasteiger charge is 2.28. The number of nitrogens with zero attached hydrogens (tertiary/aromatic N) is 1. The molecule has 5 N–H and O–H groups in total. The van der Waals surface area contributed by atoms with Crippen molar-refractivity contribution in [1.29, 1.82) is 0 Å². The number of nitrogens with two attached hydrogens (primary N) is 1. The average molecular weight is 427 g/mol. The van der Waals surface area contributed by atoms with Crippen molar-refractivity contribution in [2.24, 2.45) is 0 Å². The quantitative estimate of drug-likeness (QED) is 0.499. The first-order valence-corrected chi connectivity index (χ1v) is 11.4. The number of H-pyrrole nitrogens is 1. The molecule has 2 atom stereocenters. The van der Waals surface area contributed by atoms with E-state index in [-0.39, 0.29) is 10.9 Å². The predicted octanol–water partition coefficient (Wildman–Crippen LogP) is 3.13. The number of aliphatic hydroxyl groups excluding tert-OH is 1. The number of anilines is 1. The molecule has 0 spiro atoms. The van der Waals surface area contributed by atoms with E-state index in [9.17, 15) is 13.5 Å². The van der Waals surface area contributed by atoms with Crippen LogP contribution >= 0.6 is 0 Å². The lowest BCUT2D eigenvalue weighted by Gasteiger charge is -2.15. The highest BCUT2D eigenvalue weighted by molar-refractivity contribution is 7.89. The number of pyridine rings is 1. The molecule has 1 fully saturated rings. The van der Waals surface area contributed by atoms with Gasteiger partial charge in [0.25, 0.3) is 0 Å². The van der Waals surface area contributed by atoms with E-state index in [4.69, 9.17) is 5.73 Å². The van der Waals surface area contributed by atoms with Crippen LogP contribution in [0.5, 0.6) is 0 Å². The maximum absolute atomic E-state index is 12.9. The molecule has 0 aliphatic heterocycles. The Labute approximate surface area is 176 Å². The first-order chi connectivity index (χ1) is 14.2. The maximum Gasteiger partial charge on any atom is 0.240 e. The Balaban J connectivity index is 1.70. The molecule has 0 amide bonds. The lowest BCUT2D eigenvalue weighted by molar-refractivity contribution is 0.181. The molecule has 0 saturated heterocycles. The molecule has 8 heteroatoms. The third kappa shape index (κ3) is 4.12. The maximum atomic E-state index is 12.9. The number of aliphatic hydroxyl groups is 1. The molecule has 158 valence electrons. The number of hydrogen-bond acceptors (Lipinski definition) is 5. The summed E-state index contributed by atoms with van der Waals surface area (Å²) >= 11 is 0. The van der Waals surface area contributed by atoms with Gasteiger partial charge in [-0.1, -0.05) is 6.07 Å². The second-order valence-electron chi connectivity index (χ2n) is 7.97. The zero-order valence-electron chi connectivity index (χ0n) is 17.0. The van der Waals surface area contributed by atoms with E-state index in [2.05, 4.69) is 14.7 Å². The Morgan fingerprint density at radius 2 is 1.93 bits per heavy atom. The van der Waals surface area contributed by atoms with E-state index in [0.717, 1.165) is 33.6 Å². The van der Waals surface area contributed by atoms with Crippen molar-refractivity contribution >= 4 is 15.8 Å². The minimum absolute atomic E-state index is 0.193. The van der Waals surface area contributed by atoms with Gasteiger partial charge >= 0.3 is 0 Å². The van der Waals surface area contributed by atoms with Crippen molar-refractivity contribution in [1.82, 2.24) is 14.7 Å². The molecule has 2 aromatic heterocycles. The fraction of sp³-hybridized carbons (Fsp3) is 0.318. The summed E-state index contributed by atoms with van der Waals surface area (Å²) in [5, 5.41) is 9.69. The van der Waals surface area contributed by atoms with Crippen LogP contribution in [-0.4, -0.2) is 35.6 Å². The van der Waals surface area contributed by atoms with E-state index in [0.29, 0.717) is 25.1 Å². The normalized spacial score (nSPS) is 19.3. The van der Waals surface area contributed by atoms with Gasteiger partial charge in [-0.05, 0) is 74.6 Å². The van der Waals surface area contributed by atoms with Crippen molar-refractivity contribution in [2.45, 2.75) is 50.2 Å². The summed E-state index contributed by atoms with van der Waals surface area (Å²) in [5.41, 5.74) is 11.2. The van der Waals surface area contributed by atoms with Crippen LogP contribution in [0.4, 0.5) is 5.82 Å². The van der Waals surface area contributed by atoms with Crippen molar-refractivity contribution in [3.8, 4) is 22.4 Å². The van der Waals surface area contributed by atoms with Gasteiger partial charge in [0.1, 0.15) is 5.82 Å². The predicted molar refractivity (Wildman–Crippen MR) is 117 cm³/mol. The molecule has 0 radical (unpaired) electrons. The number of nitrogens with one attached hydrogen (secondary N) is 2. The van der Waals surface area contributed by atoms with Gasteiger partial charge in [0.15, 0.2) is 0 Å². The van der Waals surface area contributed by atoms with Gasteiger partial charge in [0, 0.05) is 34.8 Å². The van der Waals surface area contributed by atoms with E-state index in [1.54, 1.807) is 24.4 Å². The second kappa shape index (κ2) is 7.86. The standard InChI is InChI=1S/C22H26N4O3S/c1-13-3-7-18(30(28,29)26-16-5-6-17(27)10-16)11-19(13)15-9-20(22(23)24-12-15)21-8-4-14(2)25-21/h3-4,7-9,11-12,16-17,25-27H,5-6,10H2,1-2H3,(H2,23,24)/t16-,17-/m0/s1. The molecule has 4 rings (SSSR count). The van der Waals surface area contributed by atoms with Crippen LogP contribution in [-0.2, 0) is 10.0 Å². The van der Waals surface area contributed by atoms with Gasteiger partial charge in [0.2, 0.25) is 10.0 Å². The number of aryl methyl sites for hydroxylation is 2. The van der Waals surface area contributed by atoms with Gasteiger partial charge in [-0.2, -0.15) is 0 Å². The fourth-order valence-electron chi connectivity index (χ4n) is 3.93. The lowest BCUT2D eigenvalue weighted by atomic mass is 10.00. The SMILES string of the molecule is Cc1ccc(-c2cc(-c3cc(S(=O)(=O)N[C@H]4CC[C@H](O)C4)ccc3C)cnc2N)[nH]1. The Bertz CT molecular complexity index is 1190. The highest BCUT2D eigenvalue weighted by atomic mass is 32.2. The number of rotatable bonds is 5. The third-order valence-electron chi connectivity index (χ3n) is 5.60. The van der Waals surface area contributed by atoms with Crippen molar-refractivity contribution in [3.63, 3.8) is 0 Å². The number of nitrogen functional groups attached to an aromatic ring is 1. The Morgan fingerprint density at radius 3 is 2.60 bits per heavy atom. The zero-order valence-corrected chi connectivity index (χ0v) is 17.8. The van der Waals surface area contributed by atoms with Crippen molar-refractivity contribution in [2.75, 3.05) is 5.73 Å². The van der Waals surface area contributed by atoms with E-state index < -0.39 is 16.1 Å². The molecule has 30 heavy (non-hydrogen) atoms. The van der Waals surface area contributed by atoms with Crippen LogP contribution in [0.2, 0.25) is 0 Å². The Kier molecular flexibility index (Phi) is 5.40. The van der Waals surface area contributed by atoms with Crippen LogP contribution < -0.4 is 10.5 Å². The third-order valence-corrected chi connectivity index (χ3v) is 7.12. The molecule has 1 aliphatic rings. The number of benzene rings is 1. The zero-order chi connectivity index (χ0) is 21.5. The largest absolute Gasteiger partial charge is 0.393 e. The summed E-state index contributed by atoms with van der Waals surface area (Å²) in [7, 11) is -3.69. The number of aromatic amines is 1. The molecule has 1 aliphatic carbocycles. The number of hydrogen-bond donors (Lipinski definition) is 4. The van der Waals surface area contributed by atoms with Crippen LogP contribution in [0, 0.1) is 13.8 Å². The minimum Gasteiger partial charge on any atom is -0.393 e. The fourth-order valence-corrected chi connectivity index (χ4v) is 5.24. The van der Waals surface area contributed by atoms with Gasteiger partial charge in [-0.25, -0.2) is 18.1 Å². The van der Waals surface area contributed by atoms with E-state index in [1.165, 1.54) is 0 Å². The smallest absolute Gasteiger partial charge is 0.240 e. The average Bonchev–Trinajstić information content (AvgIpc) is 3.30. The molecule has 1 aromatic carbocycles. The lowest BCUT2D eigenvalue weighted by Crippen LogP contribution is -2.33. The first kappa shape index (κ1) is 20.6. The molecule has 0 unspecified atom stereocenters. The molecule has 2 heterocycles. The summed E-state index contributed by atoms with van der Waals surface area (Å²) in [6.07, 6.45) is 2.92. The molecular formula is C22H26N4O3S. The van der Waals surface area contributed by atoms with Crippen molar-refractivity contribution < 1.29 is 13.5 Å². The van der Waals surface area contributed by atoms with Crippen LogP contribution in [0.1, 0.15) is 30.5 Å². The topological polar surface area (TPSA) is 121 Å². The monoisotopic (exact) mass is 426 g/mol. The second-order valence-corrected chi connectivity index (χ2v) is 9.69. The first-order valence-electron chi connectivity index (χ1n) is 9.96.